The highest BCUT2D eigenvalue weighted by Gasteiger charge is 2.14. The lowest BCUT2D eigenvalue weighted by atomic mass is 10.1. The van der Waals surface area contributed by atoms with Crippen LogP contribution in [0.4, 0.5) is 0 Å². The van der Waals surface area contributed by atoms with Gasteiger partial charge in [0.1, 0.15) is 0 Å². The quantitative estimate of drug-likeness (QED) is 0.884. The Labute approximate surface area is 106 Å². The summed E-state index contributed by atoms with van der Waals surface area (Å²) in [4.78, 5) is 8.93. The SMILES string of the molecule is CCn1cnc(C(Cc2nc(C)cs2)NC)c1. The van der Waals surface area contributed by atoms with E-state index in [-0.39, 0.29) is 6.04 Å². The Balaban J connectivity index is 2.10. The lowest BCUT2D eigenvalue weighted by molar-refractivity contribution is 0.575. The second-order valence-electron chi connectivity index (χ2n) is 4.06. The fourth-order valence-electron chi connectivity index (χ4n) is 1.76. The van der Waals surface area contributed by atoms with Crippen LogP contribution < -0.4 is 5.32 Å². The Kier molecular flexibility index (Phi) is 3.91. The Bertz CT molecular complexity index is 474. The molecule has 2 aromatic heterocycles. The molecule has 0 spiro atoms. The highest BCUT2D eigenvalue weighted by molar-refractivity contribution is 7.09. The molecule has 17 heavy (non-hydrogen) atoms. The molecule has 0 fully saturated rings. The van der Waals surface area contributed by atoms with Gasteiger partial charge in [0.2, 0.25) is 0 Å². The second-order valence-corrected chi connectivity index (χ2v) is 5.00. The van der Waals surface area contributed by atoms with E-state index in [4.69, 9.17) is 0 Å². The number of rotatable bonds is 5. The first kappa shape index (κ1) is 12.3. The van der Waals surface area contributed by atoms with Crippen molar-refractivity contribution in [3.05, 3.63) is 34.3 Å². The van der Waals surface area contributed by atoms with Gasteiger partial charge in [-0.2, -0.15) is 0 Å². The summed E-state index contributed by atoms with van der Waals surface area (Å²) in [5.74, 6) is 0. The van der Waals surface area contributed by atoms with Crippen LogP contribution in [0.2, 0.25) is 0 Å². The number of aromatic nitrogens is 3. The molecule has 92 valence electrons. The number of nitrogens with one attached hydrogen (secondary N) is 1. The van der Waals surface area contributed by atoms with Crippen molar-refractivity contribution in [2.45, 2.75) is 32.9 Å². The number of thiazole rings is 1. The molecule has 0 aromatic carbocycles. The van der Waals surface area contributed by atoms with E-state index >= 15 is 0 Å². The van der Waals surface area contributed by atoms with Crippen LogP contribution in [0.5, 0.6) is 0 Å². The third kappa shape index (κ3) is 2.92. The minimum absolute atomic E-state index is 0.244. The molecular formula is C12H18N4S. The average Bonchev–Trinajstić information content (AvgIpc) is 2.94. The molecule has 4 nitrogen and oxygen atoms in total. The molecule has 0 aliphatic carbocycles. The van der Waals surface area contributed by atoms with Gasteiger partial charge in [-0.25, -0.2) is 9.97 Å². The minimum atomic E-state index is 0.244. The van der Waals surface area contributed by atoms with Crippen molar-refractivity contribution in [2.24, 2.45) is 0 Å². The van der Waals surface area contributed by atoms with E-state index < -0.39 is 0 Å². The number of imidazole rings is 1. The average molecular weight is 250 g/mol. The molecule has 1 atom stereocenters. The third-order valence-electron chi connectivity index (χ3n) is 2.77. The largest absolute Gasteiger partial charge is 0.337 e. The van der Waals surface area contributed by atoms with Crippen molar-refractivity contribution < 1.29 is 0 Å². The molecule has 0 bridgehead atoms. The van der Waals surface area contributed by atoms with Crippen LogP contribution in [-0.2, 0) is 13.0 Å². The Morgan fingerprint density at radius 2 is 2.35 bits per heavy atom. The van der Waals surface area contributed by atoms with Gasteiger partial charge in [0.25, 0.3) is 0 Å². The van der Waals surface area contributed by atoms with Gasteiger partial charge >= 0.3 is 0 Å². The molecule has 0 saturated heterocycles. The van der Waals surface area contributed by atoms with Gasteiger partial charge in [0, 0.05) is 30.2 Å². The first-order valence-electron chi connectivity index (χ1n) is 5.83. The summed E-state index contributed by atoms with van der Waals surface area (Å²) in [5, 5.41) is 6.55. The molecular weight excluding hydrogens is 232 g/mol. The fourth-order valence-corrected chi connectivity index (χ4v) is 2.57. The van der Waals surface area contributed by atoms with E-state index in [0.29, 0.717) is 0 Å². The molecule has 5 heteroatoms. The van der Waals surface area contributed by atoms with Crippen molar-refractivity contribution in [1.82, 2.24) is 19.9 Å². The van der Waals surface area contributed by atoms with Crippen molar-refractivity contribution in [3.8, 4) is 0 Å². The molecule has 0 amide bonds. The first-order chi connectivity index (χ1) is 8.22. The molecule has 2 aromatic rings. The number of likely N-dealkylation sites (N-methyl/N-ethyl adjacent to an activating group) is 1. The molecule has 1 N–H and O–H groups in total. The van der Waals surface area contributed by atoms with E-state index in [2.05, 4.69) is 38.4 Å². The second kappa shape index (κ2) is 5.42. The van der Waals surface area contributed by atoms with Crippen molar-refractivity contribution in [1.29, 1.82) is 0 Å². The van der Waals surface area contributed by atoms with Crippen molar-refractivity contribution in [2.75, 3.05) is 7.05 Å². The number of hydrogen-bond acceptors (Lipinski definition) is 4. The minimum Gasteiger partial charge on any atom is -0.337 e. The molecule has 1 unspecified atom stereocenters. The monoisotopic (exact) mass is 250 g/mol. The summed E-state index contributed by atoms with van der Waals surface area (Å²) in [7, 11) is 1.97. The Morgan fingerprint density at radius 1 is 1.53 bits per heavy atom. The summed E-state index contributed by atoms with van der Waals surface area (Å²) in [6, 6.07) is 0.244. The third-order valence-corrected chi connectivity index (χ3v) is 3.76. The smallest absolute Gasteiger partial charge is 0.0950 e. The lowest BCUT2D eigenvalue weighted by Crippen LogP contribution is -2.19. The maximum atomic E-state index is 4.49. The summed E-state index contributed by atoms with van der Waals surface area (Å²) in [6.45, 7) is 5.10. The standard InChI is InChI=1S/C12H18N4S/c1-4-16-6-11(14-8-16)10(13-3)5-12-15-9(2)7-17-12/h6-8,10,13H,4-5H2,1-3H3. The van der Waals surface area contributed by atoms with E-state index in [1.54, 1.807) is 11.3 Å². The summed E-state index contributed by atoms with van der Waals surface area (Å²) in [6.07, 6.45) is 4.88. The van der Waals surface area contributed by atoms with E-state index in [0.717, 1.165) is 29.4 Å². The Morgan fingerprint density at radius 3 is 2.88 bits per heavy atom. The van der Waals surface area contributed by atoms with Crippen LogP contribution in [0, 0.1) is 6.92 Å². The number of nitrogens with zero attached hydrogens (tertiary/aromatic N) is 3. The normalized spacial score (nSPS) is 12.9. The van der Waals surface area contributed by atoms with Crippen LogP contribution in [0.1, 0.15) is 29.4 Å². The molecule has 2 rings (SSSR count). The highest BCUT2D eigenvalue weighted by Crippen LogP contribution is 2.19. The molecule has 0 saturated carbocycles. The van der Waals surface area contributed by atoms with Crippen LogP contribution in [0.3, 0.4) is 0 Å². The summed E-state index contributed by atoms with van der Waals surface area (Å²) < 4.78 is 2.09. The summed E-state index contributed by atoms with van der Waals surface area (Å²) >= 11 is 1.71. The highest BCUT2D eigenvalue weighted by atomic mass is 32.1. The zero-order valence-electron chi connectivity index (χ0n) is 10.5. The van der Waals surface area contributed by atoms with Gasteiger partial charge in [-0.1, -0.05) is 0 Å². The van der Waals surface area contributed by atoms with Crippen LogP contribution in [-0.4, -0.2) is 21.6 Å². The van der Waals surface area contributed by atoms with E-state index in [1.807, 2.05) is 20.3 Å². The van der Waals surface area contributed by atoms with Gasteiger partial charge in [0.15, 0.2) is 0 Å². The fraction of sp³-hybridized carbons (Fsp3) is 0.500. The molecule has 0 aliphatic rings. The predicted molar refractivity (Wildman–Crippen MR) is 70.3 cm³/mol. The molecule has 2 heterocycles. The molecule has 0 aliphatic heterocycles. The van der Waals surface area contributed by atoms with E-state index in [9.17, 15) is 0 Å². The Hall–Kier alpha value is -1.20. The number of hydrogen-bond donors (Lipinski definition) is 1. The van der Waals surface area contributed by atoms with Crippen molar-refractivity contribution >= 4 is 11.3 Å². The maximum Gasteiger partial charge on any atom is 0.0950 e. The van der Waals surface area contributed by atoms with E-state index in [1.165, 1.54) is 0 Å². The van der Waals surface area contributed by atoms with Gasteiger partial charge < -0.3 is 9.88 Å². The van der Waals surface area contributed by atoms with Crippen LogP contribution in [0.15, 0.2) is 17.9 Å². The van der Waals surface area contributed by atoms with Crippen molar-refractivity contribution in [3.63, 3.8) is 0 Å². The predicted octanol–water partition coefficient (Wildman–Crippen LogP) is 2.17. The van der Waals surface area contributed by atoms with Gasteiger partial charge in [-0.15, -0.1) is 11.3 Å². The first-order valence-corrected chi connectivity index (χ1v) is 6.70. The maximum absolute atomic E-state index is 4.49. The zero-order chi connectivity index (χ0) is 12.3. The lowest BCUT2D eigenvalue weighted by Gasteiger charge is -2.11. The summed E-state index contributed by atoms with van der Waals surface area (Å²) in [5.41, 5.74) is 2.18. The zero-order valence-corrected chi connectivity index (χ0v) is 11.3. The van der Waals surface area contributed by atoms with Gasteiger partial charge in [0.05, 0.1) is 23.1 Å². The van der Waals surface area contributed by atoms with Crippen LogP contribution in [0.25, 0.3) is 0 Å². The molecule has 0 radical (unpaired) electrons. The van der Waals surface area contributed by atoms with Gasteiger partial charge in [-0.05, 0) is 20.9 Å². The topological polar surface area (TPSA) is 42.7 Å². The van der Waals surface area contributed by atoms with Gasteiger partial charge in [-0.3, -0.25) is 0 Å². The number of aryl methyl sites for hydroxylation is 2. The van der Waals surface area contributed by atoms with Crippen LogP contribution >= 0.6 is 11.3 Å².